The molecule has 1 fully saturated rings. The molecule has 0 saturated carbocycles. The summed E-state index contributed by atoms with van der Waals surface area (Å²) in [5.74, 6) is 1.13. The van der Waals surface area contributed by atoms with Crippen LogP contribution in [0.4, 0.5) is 27.5 Å². The molecule has 1 aromatic heterocycles. The molecule has 0 bridgehead atoms. The van der Waals surface area contributed by atoms with Crippen molar-refractivity contribution in [3.8, 4) is 6.07 Å². The van der Waals surface area contributed by atoms with Gasteiger partial charge in [-0.25, -0.2) is 9.37 Å². The Morgan fingerprint density at radius 2 is 1.71 bits per heavy atom. The van der Waals surface area contributed by atoms with E-state index in [1.807, 2.05) is 30.3 Å². The third-order valence-electron chi connectivity index (χ3n) is 4.68. The normalized spacial score (nSPS) is 13.9. The lowest BCUT2D eigenvalue weighted by molar-refractivity contribution is 0.624. The van der Waals surface area contributed by atoms with Crippen LogP contribution >= 0.6 is 0 Å². The summed E-state index contributed by atoms with van der Waals surface area (Å²) in [4.78, 5) is 13.3. The monoisotopic (exact) mass is 374 g/mol. The average Bonchev–Trinajstić information content (AvgIpc) is 2.75. The Kier molecular flexibility index (Phi) is 5.02. The summed E-state index contributed by atoms with van der Waals surface area (Å²) in [5.41, 5.74) is 2.39. The first-order valence-electron chi connectivity index (χ1n) is 9.07. The molecule has 140 valence electrons. The van der Waals surface area contributed by atoms with Gasteiger partial charge in [0.25, 0.3) is 0 Å². The zero-order chi connectivity index (χ0) is 19.3. The van der Waals surface area contributed by atoms with E-state index in [1.54, 1.807) is 18.3 Å². The second-order valence-corrected chi connectivity index (χ2v) is 6.51. The quantitative estimate of drug-likeness (QED) is 0.753. The van der Waals surface area contributed by atoms with Crippen molar-refractivity contribution < 1.29 is 4.39 Å². The third kappa shape index (κ3) is 4.01. The highest BCUT2D eigenvalue weighted by molar-refractivity contribution is 5.58. The summed E-state index contributed by atoms with van der Waals surface area (Å²) in [5, 5.41) is 12.2. The topological polar surface area (TPSA) is 68.1 Å². The number of halogens is 1. The lowest BCUT2D eigenvalue weighted by atomic mass is 10.2. The fraction of sp³-hybridized carbons (Fsp3) is 0.190. The van der Waals surface area contributed by atoms with Gasteiger partial charge in [-0.1, -0.05) is 6.07 Å². The largest absolute Gasteiger partial charge is 0.368 e. The molecule has 2 heterocycles. The summed E-state index contributed by atoms with van der Waals surface area (Å²) < 4.78 is 13.1. The molecule has 7 heteroatoms. The zero-order valence-electron chi connectivity index (χ0n) is 15.2. The second-order valence-electron chi connectivity index (χ2n) is 6.51. The van der Waals surface area contributed by atoms with Crippen LogP contribution in [-0.4, -0.2) is 36.1 Å². The van der Waals surface area contributed by atoms with E-state index < -0.39 is 0 Å². The predicted molar refractivity (Wildman–Crippen MR) is 107 cm³/mol. The molecule has 0 spiro atoms. The standard InChI is InChI=1S/C21H19FN6/c22-17-4-6-19(7-5-17)27-10-12-28(13-11-27)20-8-9-24-21(26-20)25-18-3-1-2-16(14-18)15-23/h1-9,14H,10-13H2,(H,24,25,26). The Morgan fingerprint density at radius 3 is 2.46 bits per heavy atom. The van der Waals surface area contributed by atoms with Crippen LogP contribution in [0.1, 0.15) is 5.56 Å². The number of rotatable bonds is 4. The van der Waals surface area contributed by atoms with Gasteiger partial charge in [-0.05, 0) is 48.5 Å². The van der Waals surface area contributed by atoms with Gasteiger partial charge in [-0.2, -0.15) is 10.2 Å². The zero-order valence-corrected chi connectivity index (χ0v) is 15.2. The van der Waals surface area contributed by atoms with Crippen LogP contribution in [0, 0.1) is 17.1 Å². The molecule has 6 nitrogen and oxygen atoms in total. The highest BCUT2D eigenvalue weighted by Crippen LogP contribution is 2.21. The van der Waals surface area contributed by atoms with E-state index >= 15 is 0 Å². The second kappa shape index (κ2) is 7.92. The molecule has 1 aliphatic heterocycles. The lowest BCUT2D eigenvalue weighted by Crippen LogP contribution is -2.46. The van der Waals surface area contributed by atoms with Crippen LogP contribution in [0.5, 0.6) is 0 Å². The lowest BCUT2D eigenvalue weighted by Gasteiger charge is -2.36. The third-order valence-corrected chi connectivity index (χ3v) is 4.68. The van der Waals surface area contributed by atoms with Crippen molar-refractivity contribution in [2.24, 2.45) is 0 Å². The van der Waals surface area contributed by atoms with Gasteiger partial charge < -0.3 is 15.1 Å². The fourth-order valence-corrected chi connectivity index (χ4v) is 3.23. The SMILES string of the molecule is N#Cc1cccc(Nc2nccc(N3CCN(c4ccc(F)cc4)CC3)n2)c1. The van der Waals surface area contributed by atoms with Gasteiger partial charge in [0.05, 0.1) is 11.6 Å². The van der Waals surface area contributed by atoms with Gasteiger partial charge >= 0.3 is 0 Å². The molecule has 1 saturated heterocycles. The van der Waals surface area contributed by atoms with Gasteiger partial charge in [0, 0.05) is 43.8 Å². The van der Waals surface area contributed by atoms with Crippen molar-refractivity contribution in [3.63, 3.8) is 0 Å². The highest BCUT2D eigenvalue weighted by atomic mass is 19.1. The predicted octanol–water partition coefficient (Wildman–Crippen LogP) is 3.56. The minimum atomic E-state index is -0.219. The maximum atomic E-state index is 13.1. The van der Waals surface area contributed by atoms with Crippen molar-refractivity contribution in [3.05, 3.63) is 72.2 Å². The molecular weight excluding hydrogens is 355 g/mol. The van der Waals surface area contributed by atoms with E-state index in [0.29, 0.717) is 11.5 Å². The maximum absolute atomic E-state index is 13.1. The summed E-state index contributed by atoms with van der Waals surface area (Å²) >= 11 is 0. The smallest absolute Gasteiger partial charge is 0.229 e. The minimum absolute atomic E-state index is 0.219. The Bertz CT molecular complexity index is 990. The van der Waals surface area contributed by atoms with Gasteiger partial charge in [0.1, 0.15) is 11.6 Å². The Balaban J connectivity index is 1.42. The molecule has 0 aliphatic carbocycles. The van der Waals surface area contributed by atoms with E-state index in [0.717, 1.165) is 43.4 Å². The molecule has 0 atom stereocenters. The van der Waals surface area contributed by atoms with E-state index in [4.69, 9.17) is 5.26 Å². The number of piperazine rings is 1. The maximum Gasteiger partial charge on any atom is 0.229 e. The first-order chi connectivity index (χ1) is 13.7. The van der Waals surface area contributed by atoms with Crippen molar-refractivity contribution in [2.45, 2.75) is 0 Å². The number of nitrogens with zero attached hydrogens (tertiary/aromatic N) is 5. The number of anilines is 4. The summed E-state index contributed by atoms with van der Waals surface area (Å²) in [6.45, 7) is 3.31. The van der Waals surface area contributed by atoms with E-state index in [9.17, 15) is 4.39 Å². The average molecular weight is 374 g/mol. The highest BCUT2D eigenvalue weighted by Gasteiger charge is 2.19. The van der Waals surface area contributed by atoms with Crippen molar-refractivity contribution in [2.75, 3.05) is 41.3 Å². The molecule has 0 amide bonds. The number of nitrogens with one attached hydrogen (secondary N) is 1. The molecule has 3 aromatic rings. The van der Waals surface area contributed by atoms with E-state index in [-0.39, 0.29) is 5.82 Å². The first kappa shape index (κ1) is 17.7. The molecular formula is C21H19FN6. The molecule has 0 unspecified atom stereocenters. The van der Waals surface area contributed by atoms with Crippen molar-refractivity contribution >= 4 is 23.1 Å². The van der Waals surface area contributed by atoms with Gasteiger partial charge in [0.15, 0.2) is 0 Å². The van der Waals surface area contributed by atoms with E-state index in [2.05, 4.69) is 31.2 Å². The number of benzene rings is 2. The van der Waals surface area contributed by atoms with Crippen LogP contribution in [0.3, 0.4) is 0 Å². The van der Waals surface area contributed by atoms with Crippen LogP contribution in [0.25, 0.3) is 0 Å². The van der Waals surface area contributed by atoms with Crippen molar-refractivity contribution in [1.29, 1.82) is 5.26 Å². The van der Waals surface area contributed by atoms with Crippen LogP contribution in [0.15, 0.2) is 60.8 Å². The molecule has 1 N–H and O–H groups in total. The molecule has 0 radical (unpaired) electrons. The Labute approximate surface area is 162 Å². The molecule has 2 aromatic carbocycles. The molecule has 4 rings (SSSR count). The van der Waals surface area contributed by atoms with Crippen LogP contribution < -0.4 is 15.1 Å². The summed E-state index contributed by atoms with van der Waals surface area (Å²) in [7, 11) is 0. The van der Waals surface area contributed by atoms with Crippen LogP contribution in [0.2, 0.25) is 0 Å². The Morgan fingerprint density at radius 1 is 0.964 bits per heavy atom. The van der Waals surface area contributed by atoms with Crippen molar-refractivity contribution in [1.82, 2.24) is 9.97 Å². The number of aromatic nitrogens is 2. The molecule has 1 aliphatic rings. The van der Waals surface area contributed by atoms with Gasteiger partial charge in [-0.3, -0.25) is 0 Å². The fourth-order valence-electron chi connectivity index (χ4n) is 3.23. The Hall–Kier alpha value is -3.66. The van der Waals surface area contributed by atoms with Gasteiger partial charge in [-0.15, -0.1) is 0 Å². The molecule has 28 heavy (non-hydrogen) atoms. The number of nitriles is 1. The van der Waals surface area contributed by atoms with E-state index in [1.165, 1.54) is 12.1 Å². The minimum Gasteiger partial charge on any atom is -0.368 e. The van der Waals surface area contributed by atoms with Crippen LogP contribution in [-0.2, 0) is 0 Å². The summed E-state index contributed by atoms with van der Waals surface area (Å²) in [6.07, 6.45) is 1.73. The summed E-state index contributed by atoms with van der Waals surface area (Å²) in [6, 6.07) is 17.8. The number of hydrogen-bond acceptors (Lipinski definition) is 6. The number of hydrogen-bond donors (Lipinski definition) is 1. The van der Waals surface area contributed by atoms with Gasteiger partial charge in [0.2, 0.25) is 5.95 Å². The first-order valence-corrected chi connectivity index (χ1v) is 9.07.